The van der Waals surface area contributed by atoms with Crippen molar-refractivity contribution in [2.24, 2.45) is 5.92 Å². The topological polar surface area (TPSA) is 75.2 Å². The summed E-state index contributed by atoms with van der Waals surface area (Å²) < 4.78 is 26.6. The first-order valence-corrected chi connectivity index (χ1v) is 9.80. The highest BCUT2D eigenvalue weighted by atomic mass is 32.2. The number of piperidine rings is 1. The van der Waals surface area contributed by atoms with Gasteiger partial charge in [0.1, 0.15) is 11.6 Å². The number of nitrogens with zero attached hydrogens (tertiary/aromatic N) is 3. The summed E-state index contributed by atoms with van der Waals surface area (Å²) >= 11 is 0. The Labute approximate surface area is 139 Å². The molecule has 23 heavy (non-hydrogen) atoms. The van der Waals surface area contributed by atoms with Crippen LogP contribution in [-0.4, -0.2) is 43.3 Å². The fourth-order valence-corrected chi connectivity index (χ4v) is 3.68. The van der Waals surface area contributed by atoms with Gasteiger partial charge in [-0.25, -0.2) is 23.1 Å². The summed E-state index contributed by atoms with van der Waals surface area (Å²) in [6, 6.07) is 0. The zero-order chi connectivity index (χ0) is 17.2. The van der Waals surface area contributed by atoms with Crippen LogP contribution in [0.1, 0.15) is 43.8 Å². The van der Waals surface area contributed by atoms with E-state index in [9.17, 15) is 8.42 Å². The second-order valence-corrected chi connectivity index (χ2v) is 9.02. The molecular weight excluding hydrogens is 312 g/mol. The summed E-state index contributed by atoms with van der Waals surface area (Å²) in [4.78, 5) is 11.3. The van der Waals surface area contributed by atoms with Crippen molar-refractivity contribution in [3.8, 4) is 0 Å². The van der Waals surface area contributed by atoms with Crippen LogP contribution in [-0.2, 0) is 10.0 Å². The lowest BCUT2D eigenvalue weighted by Gasteiger charge is -2.34. The third kappa shape index (κ3) is 4.41. The zero-order valence-corrected chi connectivity index (χ0v) is 15.6. The quantitative estimate of drug-likeness (QED) is 0.887. The minimum Gasteiger partial charge on any atom is -0.356 e. The summed E-state index contributed by atoms with van der Waals surface area (Å²) in [5.74, 6) is 2.09. The molecule has 0 aliphatic carbocycles. The molecule has 0 bridgehead atoms. The first-order valence-electron chi connectivity index (χ1n) is 8.26. The van der Waals surface area contributed by atoms with Gasteiger partial charge in [-0.2, -0.15) is 0 Å². The Kier molecular flexibility index (Phi) is 5.62. The molecule has 1 N–H and O–H groups in total. The van der Waals surface area contributed by atoms with E-state index >= 15 is 0 Å². The van der Waals surface area contributed by atoms with Crippen LogP contribution in [0.3, 0.4) is 0 Å². The molecule has 0 spiro atoms. The third-order valence-electron chi connectivity index (χ3n) is 4.49. The molecule has 1 aliphatic heterocycles. The van der Waals surface area contributed by atoms with E-state index in [1.807, 2.05) is 13.8 Å². The Morgan fingerprint density at radius 2 is 1.96 bits per heavy atom. The number of hydrogen-bond acceptors (Lipinski definition) is 5. The van der Waals surface area contributed by atoms with Crippen LogP contribution in [0, 0.1) is 26.7 Å². The number of anilines is 1. The monoisotopic (exact) mass is 340 g/mol. The molecule has 1 saturated heterocycles. The fraction of sp³-hybridized carbons (Fsp3) is 0.750. The molecule has 6 nitrogen and oxygen atoms in total. The average molecular weight is 340 g/mol. The Bertz CT molecular complexity index is 658. The lowest BCUT2D eigenvalue weighted by atomic mass is 9.98. The summed E-state index contributed by atoms with van der Waals surface area (Å²) in [5.41, 5.74) is 2.12. The van der Waals surface area contributed by atoms with Crippen molar-refractivity contribution in [2.45, 2.75) is 52.7 Å². The van der Waals surface area contributed by atoms with Crippen LogP contribution in [0.25, 0.3) is 0 Å². The van der Waals surface area contributed by atoms with Gasteiger partial charge < -0.3 is 4.90 Å². The van der Waals surface area contributed by atoms with Crippen LogP contribution in [0.4, 0.5) is 5.82 Å². The molecule has 7 heteroatoms. The van der Waals surface area contributed by atoms with Crippen LogP contribution in [0.5, 0.6) is 0 Å². The largest absolute Gasteiger partial charge is 0.356 e. The number of hydrogen-bond donors (Lipinski definition) is 1. The highest BCUT2D eigenvalue weighted by Crippen LogP contribution is 2.25. The average Bonchev–Trinajstić information content (AvgIpc) is 2.49. The normalized spacial score (nSPS) is 19.4. The molecule has 1 fully saturated rings. The molecule has 1 unspecified atom stereocenters. The van der Waals surface area contributed by atoms with Gasteiger partial charge in [-0.1, -0.05) is 0 Å². The predicted molar refractivity (Wildman–Crippen MR) is 93.2 cm³/mol. The lowest BCUT2D eigenvalue weighted by Crippen LogP contribution is -2.43. The highest BCUT2D eigenvalue weighted by molar-refractivity contribution is 7.90. The van der Waals surface area contributed by atoms with Gasteiger partial charge in [0.15, 0.2) is 0 Å². The molecule has 0 radical (unpaired) electrons. The Morgan fingerprint density at radius 1 is 1.26 bits per heavy atom. The van der Waals surface area contributed by atoms with Gasteiger partial charge in [-0.3, -0.25) is 0 Å². The van der Waals surface area contributed by atoms with Gasteiger partial charge in [0.25, 0.3) is 0 Å². The van der Waals surface area contributed by atoms with Crippen LogP contribution >= 0.6 is 0 Å². The van der Waals surface area contributed by atoms with E-state index in [0.29, 0.717) is 12.5 Å². The molecule has 2 heterocycles. The first kappa shape index (κ1) is 18.1. The van der Waals surface area contributed by atoms with Crippen molar-refractivity contribution in [3.63, 3.8) is 0 Å². The van der Waals surface area contributed by atoms with E-state index in [4.69, 9.17) is 0 Å². The van der Waals surface area contributed by atoms with Gasteiger partial charge in [-0.15, -0.1) is 0 Å². The Balaban J connectivity index is 2.07. The van der Waals surface area contributed by atoms with Crippen LogP contribution in [0.15, 0.2) is 0 Å². The van der Waals surface area contributed by atoms with Crippen molar-refractivity contribution in [1.29, 1.82) is 0 Å². The molecule has 1 aromatic heterocycles. The fourth-order valence-electron chi connectivity index (χ4n) is 2.88. The SMILES string of the molecule is Cc1nc(C)c(C)c(N2CCCC(CNS(=O)(=O)C(C)C)C2)n1. The van der Waals surface area contributed by atoms with E-state index in [1.54, 1.807) is 13.8 Å². The number of sulfonamides is 1. The number of aromatic nitrogens is 2. The van der Waals surface area contributed by atoms with Gasteiger partial charge >= 0.3 is 0 Å². The van der Waals surface area contributed by atoms with Crippen molar-refractivity contribution in [1.82, 2.24) is 14.7 Å². The molecular formula is C16H28N4O2S. The zero-order valence-electron chi connectivity index (χ0n) is 14.8. The molecule has 1 aliphatic rings. The number of aryl methyl sites for hydroxylation is 2. The lowest BCUT2D eigenvalue weighted by molar-refractivity contribution is 0.408. The second kappa shape index (κ2) is 7.13. The number of nitrogens with one attached hydrogen (secondary N) is 1. The minimum absolute atomic E-state index is 0.312. The highest BCUT2D eigenvalue weighted by Gasteiger charge is 2.25. The van der Waals surface area contributed by atoms with E-state index in [2.05, 4.69) is 26.5 Å². The standard InChI is InChI=1S/C16H28N4O2S/c1-11(2)23(21,22)17-9-15-7-6-8-20(10-15)16-12(3)13(4)18-14(5)19-16/h11,15,17H,6-10H2,1-5H3. The van der Waals surface area contributed by atoms with Gasteiger partial charge in [0.05, 0.1) is 5.25 Å². The van der Waals surface area contributed by atoms with Crippen molar-refractivity contribution in [3.05, 3.63) is 17.1 Å². The minimum atomic E-state index is -3.20. The number of rotatable bonds is 5. The van der Waals surface area contributed by atoms with E-state index in [1.165, 1.54) is 0 Å². The predicted octanol–water partition coefficient (Wildman–Crippen LogP) is 1.95. The Hall–Kier alpha value is -1.21. The maximum Gasteiger partial charge on any atom is 0.213 e. The van der Waals surface area contributed by atoms with E-state index in [0.717, 1.165) is 48.8 Å². The smallest absolute Gasteiger partial charge is 0.213 e. The maximum absolute atomic E-state index is 11.9. The summed E-state index contributed by atoms with van der Waals surface area (Å²) in [6.07, 6.45) is 2.09. The summed E-state index contributed by atoms with van der Waals surface area (Å²) in [5, 5.41) is -0.392. The van der Waals surface area contributed by atoms with Crippen LogP contribution < -0.4 is 9.62 Å². The molecule has 0 aromatic carbocycles. The molecule has 0 amide bonds. The third-order valence-corrected chi connectivity index (χ3v) is 6.30. The van der Waals surface area contributed by atoms with Crippen molar-refractivity contribution in [2.75, 3.05) is 24.5 Å². The summed E-state index contributed by atoms with van der Waals surface area (Å²) in [7, 11) is -3.20. The molecule has 1 aromatic rings. The van der Waals surface area contributed by atoms with Crippen molar-refractivity contribution >= 4 is 15.8 Å². The van der Waals surface area contributed by atoms with E-state index < -0.39 is 15.3 Å². The van der Waals surface area contributed by atoms with Gasteiger partial charge in [0, 0.05) is 30.9 Å². The van der Waals surface area contributed by atoms with E-state index in [-0.39, 0.29) is 0 Å². The molecule has 2 rings (SSSR count). The summed E-state index contributed by atoms with van der Waals surface area (Å²) in [6.45, 7) is 11.7. The van der Waals surface area contributed by atoms with Crippen LogP contribution in [0.2, 0.25) is 0 Å². The van der Waals surface area contributed by atoms with Gasteiger partial charge in [0.2, 0.25) is 10.0 Å². The Morgan fingerprint density at radius 3 is 2.61 bits per heavy atom. The van der Waals surface area contributed by atoms with Crippen molar-refractivity contribution < 1.29 is 8.42 Å². The molecule has 130 valence electrons. The maximum atomic E-state index is 11.9. The molecule has 0 saturated carbocycles. The second-order valence-electron chi connectivity index (χ2n) is 6.70. The first-order chi connectivity index (χ1) is 10.7. The molecule has 1 atom stereocenters. The van der Waals surface area contributed by atoms with Gasteiger partial charge in [-0.05, 0) is 53.4 Å².